The summed E-state index contributed by atoms with van der Waals surface area (Å²) in [5, 5.41) is 0. The van der Waals surface area contributed by atoms with Gasteiger partial charge in [0, 0.05) is 12.2 Å². The van der Waals surface area contributed by atoms with Gasteiger partial charge in [0.25, 0.3) is 5.91 Å². The Hall–Kier alpha value is -2.16. The molecule has 0 unspecified atom stereocenters. The highest BCUT2D eigenvalue weighted by Gasteiger charge is 2.25. The highest BCUT2D eigenvalue weighted by Crippen LogP contribution is 2.28. The van der Waals surface area contributed by atoms with E-state index in [9.17, 15) is 9.18 Å². The van der Waals surface area contributed by atoms with E-state index < -0.39 is 5.82 Å². The van der Waals surface area contributed by atoms with Gasteiger partial charge in [-0.05, 0) is 43.0 Å². The van der Waals surface area contributed by atoms with Gasteiger partial charge in [0.05, 0.1) is 5.56 Å². The van der Waals surface area contributed by atoms with E-state index in [0.717, 1.165) is 24.1 Å². The molecule has 2 aromatic carbocycles. The molecule has 102 valence electrons. The first-order valence-corrected chi connectivity index (χ1v) is 6.83. The van der Waals surface area contributed by atoms with E-state index in [1.54, 1.807) is 30.0 Å². The third-order valence-corrected chi connectivity index (χ3v) is 3.78. The summed E-state index contributed by atoms with van der Waals surface area (Å²) in [5.74, 6) is -0.668. The lowest BCUT2D eigenvalue weighted by Crippen LogP contribution is -2.36. The zero-order valence-corrected chi connectivity index (χ0v) is 11.4. The number of benzene rings is 2. The predicted molar refractivity (Wildman–Crippen MR) is 77.6 cm³/mol. The number of fused-ring (bicyclic) bond motifs is 1. The van der Waals surface area contributed by atoms with Gasteiger partial charge in [-0.3, -0.25) is 4.79 Å². The minimum Gasteiger partial charge on any atom is -0.308 e. The molecule has 3 rings (SSSR count). The zero-order chi connectivity index (χ0) is 14.1. The van der Waals surface area contributed by atoms with Gasteiger partial charge in [0.1, 0.15) is 5.82 Å². The highest BCUT2D eigenvalue weighted by atomic mass is 19.1. The third-order valence-electron chi connectivity index (χ3n) is 3.78. The van der Waals surface area contributed by atoms with Gasteiger partial charge in [-0.15, -0.1) is 0 Å². The van der Waals surface area contributed by atoms with Crippen LogP contribution >= 0.6 is 0 Å². The molecule has 3 heteroatoms. The molecule has 0 aromatic heterocycles. The van der Waals surface area contributed by atoms with Crippen LogP contribution in [-0.4, -0.2) is 12.5 Å². The van der Waals surface area contributed by atoms with Gasteiger partial charge in [-0.25, -0.2) is 4.39 Å². The van der Waals surface area contributed by atoms with Crippen molar-refractivity contribution >= 4 is 11.6 Å². The number of amides is 1. The fraction of sp³-hybridized carbons (Fsp3) is 0.235. The Bertz CT molecular complexity index is 666. The lowest BCUT2D eigenvalue weighted by Gasteiger charge is -2.29. The summed E-state index contributed by atoms with van der Waals surface area (Å²) >= 11 is 0. The van der Waals surface area contributed by atoms with Crippen molar-refractivity contribution in [2.24, 2.45) is 0 Å². The van der Waals surface area contributed by atoms with Crippen molar-refractivity contribution in [2.45, 2.75) is 19.8 Å². The van der Waals surface area contributed by atoms with Crippen LogP contribution in [0.25, 0.3) is 0 Å². The third kappa shape index (κ3) is 2.09. The number of halogens is 1. The van der Waals surface area contributed by atoms with E-state index >= 15 is 0 Å². The standard InChI is InChI=1S/C17H16FNO/c1-12-6-4-9-14(16(12)18)17(20)19-11-5-8-13-7-2-3-10-15(13)19/h2-4,6-7,9-10H,5,8,11H2,1H3. The average Bonchev–Trinajstić information content (AvgIpc) is 2.49. The van der Waals surface area contributed by atoms with Gasteiger partial charge in [-0.2, -0.15) is 0 Å². The van der Waals surface area contributed by atoms with Gasteiger partial charge in [0.15, 0.2) is 0 Å². The van der Waals surface area contributed by atoms with Crippen LogP contribution in [0.3, 0.4) is 0 Å². The summed E-state index contributed by atoms with van der Waals surface area (Å²) in [6.45, 7) is 2.32. The first kappa shape index (κ1) is 12.9. The van der Waals surface area contributed by atoms with E-state index in [-0.39, 0.29) is 11.5 Å². The molecule has 0 saturated heterocycles. The maximum absolute atomic E-state index is 14.1. The Morgan fingerprint density at radius 2 is 1.95 bits per heavy atom. The molecule has 0 saturated carbocycles. The lowest BCUT2D eigenvalue weighted by atomic mass is 10.0. The molecule has 0 spiro atoms. The lowest BCUT2D eigenvalue weighted by molar-refractivity contribution is 0.0981. The number of para-hydroxylation sites is 1. The SMILES string of the molecule is Cc1cccc(C(=O)N2CCCc3ccccc32)c1F. The van der Waals surface area contributed by atoms with Crippen molar-refractivity contribution in [3.63, 3.8) is 0 Å². The van der Waals surface area contributed by atoms with Crippen molar-refractivity contribution in [3.8, 4) is 0 Å². The summed E-state index contributed by atoms with van der Waals surface area (Å²) in [4.78, 5) is 14.3. The molecule has 1 heterocycles. The molecule has 0 N–H and O–H groups in total. The number of anilines is 1. The highest BCUT2D eigenvalue weighted by molar-refractivity contribution is 6.07. The smallest absolute Gasteiger partial charge is 0.261 e. The molecular formula is C17H16FNO. The first-order valence-electron chi connectivity index (χ1n) is 6.83. The number of carbonyl (C=O) groups excluding carboxylic acids is 1. The first-order chi connectivity index (χ1) is 9.68. The second-order valence-electron chi connectivity index (χ2n) is 5.13. The number of rotatable bonds is 1. The Balaban J connectivity index is 2.02. The van der Waals surface area contributed by atoms with E-state index in [1.807, 2.05) is 24.3 Å². The molecule has 1 aliphatic rings. The Kier molecular flexibility index (Phi) is 3.26. The van der Waals surface area contributed by atoms with Gasteiger partial charge in [-0.1, -0.05) is 30.3 Å². The van der Waals surface area contributed by atoms with Crippen molar-refractivity contribution in [1.82, 2.24) is 0 Å². The second kappa shape index (κ2) is 5.08. The number of hydrogen-bond acceptors (Lipinski definition) is 1. The van der Waals surface area contributed by atoms with Crippen LogP contribution in [0.4, 0.5) is 10.1 Å². The van der Waals surface area contributed by atoms with Crippen molar-refractivity contribution in [3.05, 3.63) is 65.0 Å². The van der Waals surface area contributed by atoms with Crippen molar-refractivity contribution < 1.29 is 9.18 Å². The normalized spacial score (nSPS) is 14.0. The summed E-state index contributed by atoms with van der Waals surface area (Å²) in [7, 11) is 0. The molecule has 0 aliphatic carbocycles. The number of aryl methyl sites for hydroxylation is 2. The minimum atomic E-state index is -0.416. The number of hydrogen-bond donors (Lipinski definition) is 0. The van der Waals surface area contributed by atoms with E-state index in [0.29, 0.717) is 12.1 Å². The topological polar surface area (TPSA) is 20.3 Å². The fourth-order valence-electron chi connectivity index (χ4n) is 2.70. The second-order valence-corrected chi connectivity index (χ2v) is 5.13. The molecular weight excluding hydrogens is 253 g/mol. The molecule has 0 bridgehead atoms. The Labute approximate surface area is 117 Å². The number of carbonyl (C=O) groups is 1. The molecule has 1 aliphatic heterocycles. The van der Waals surface area contributed by atoms with Crippen LogP contribution in [0.5, 0.6) is 0 Å². The molecule has 20 heavy (non-hydrogen) atoms. The van der Waals surface area contributed by atoms with Crippen LogP contribution in [0, 0.1) is 12.7 Å². The molecule has 0 radical (unpaired) electrons. The predicted octanol–water partition coefficient (Wildman–Crippen LogP) is 3.73. The maximum Gasteiger partial charge on any atom is 0.261 e. The Morgan fingerprint density at radius 1 is 1.15 bits per heavy atom. The molecule has 2 nitrogen and oxygen atoms in total. The van der Waals surface area contributed by atoms with E-state index in [4.69, 9.17) is 0 Å². The van der Waals surface area contributed by atoms with Crippen LogP contribution in [-0.2, 0) is 6.42 Å². The molecule has 2 aromatic rings. The van der Waals surface area contributed by atoms with E-state index in [1.165, 1.54) is 0 Å². The monoisotopic (exact) mass is 269 g/mol. The summed E-state index contributed by atoms with van der Waals surface area (Å²) in [6, 6.07) is 12.8. The molecule has 0 atom stereocenters. The maximum atomic E-state index is 14.1. The summed E-state index contributed by atoms with van der Waals surface area (Å²) in [6.07, 6.45) is 1.88. The van der Waals surface area contributed by atoms with Gasteiger partial charge >= 0.3 is 0 Å². The summed E-state index contributed by atoms with van der Waals surface area (Å²) in [5.41, 5.74) is 2.72. The summed E-state index contributed by atoms with van der Waals surface area (Å²) < 4.78 is 14.1. The van der Waals surface area contributed by atoms with Crippen LogP contribution in [0.15, 0.2) is 42.5 Å². The largest absolute Gasteiger partial charge is 0.308 e. The number of nitrogens with zero attached hydrogens (tertiary/aromatic N) is 1. The van der Waals surface area contributed by atoms with Crippen LogP contribution < -0.4 is 4.90 Å². The zero-order valence-electron chi connectivity index (χ0n) is 11.4. The average molecular weight is 269 g/mol. The van der Waals surface area contributed by atoms with E-state index in [2.05, 4.69) is 0 Å². The van der Waals surface area contributed by atoms with Crippen molar-refractivity contribution in [2.75, 3.05) is 11.4 Å². The van der Waals surface area contributed by atoms with Crippen molar-refractivity contribution in [1.29, 1.82) is 0 Å². The van der Waals surface area contributed by atoms with Gasteiger partial charge in [0.2, 0.25) is 0 Å². The molecule has 1 amide bonds. The van der Waals surface area contributed by atoms with Crippen LogP contribution in [0.1, 0.15) is 27.9 Å². The minimum absolute atomic E-state index is 0.154. The quantitative estimate of drug-likeness (QED) is 0.772. The van der Waals surface area contributed by atoms with Crippen LogP contribution in [0.2, 0.25) is 0 Å². The van der Waals surface area contributed by atoms with Gasteiger partial charge < -0.3 is 4.90 Å². The Morgan fingerprint density at radius 3 is 2.80 bits per heavy atom. The molecule has 0 fully saturated rings. The fourth-order valence-corrected chi connectivity index (χ4v) is 2.70.